The SMILES string of the molecule is O=C(NCCNC(=O)C1CC(=O)N(Cc2ccccc2)C1)c1ccncc1. The Labute approximate surface area is 157 Å². The molecule has 7 nitrogen and oxygen atoms in total. The fraction of sp³-hybridized carbons (Fsp3) is 0.300. The predicted molar refractivity (Wildman–Crippen MR) is 99.5 cm³/mol. The number of likely N-dealkylation sites (tertiary alicyclic amines) is 1. The molecule has 0 saturated carbocycles. The molecule has 0 spiro atoms. The second-order valence-electron chi connectivity index (χ2n) is 6.44. The zero-order valence-corrected chi connectivity index (χ0v) is 14.9. The van der Waals surface area contributed by atoms with Crippen LogP contribution in [0, 0.1) is 5.92 Å². The fourth-order valence-electron chi connectivity index (χ4n) is 3.02. The summed E-state index contributed by atoms with van der Waals surface area (Å²) in [4.78, 5) is 41.9. The van der Waals surface area contributed by atoms with Crippen LogP contribution < -0.4 is 10.6 Å². The van der Waals surface area contributed by atoms with Crippen LogP contribution in [0.15, 0.2) is 54.9 Å². The molecule has 2 heterocycles. The Morgan fingerprint density at radius 2 is 1.74 bits per heavy atom. The van der Waals surface area contributed by atoms with Crippen molar-refractivity contribution in [3.63, 3.8) is 0 Å². The molecular formula is C20H22N4O3. The van der Waals surface area contributed by atoms with Crippen molar-refractivity contribution in [2.24, 2.45) is 5.92 Å². The lowest BCUT2D eigenvalue weighted by atomic mass is 10.1. The Kier molecular flexibility index (Phi) is 6.14. The molecule has 0 radical (unpaired) electrons. The van der Waals surface area contributed by atoms with Crippen LogP contribution in [0.4, 0.5) is 0 Å². The third-order valence-corrected chi connectivity index (χ3v) is 4.45. The maximum Gasteiger partial charge on any atom is 0.251 e. The normalized spacial score (nSPS) is 16.2. The van der Waals surface area contributed by atoms with Gasteiger partial charge in [-0.1, -0.05) is 30.3 Å². The number of hydrogen-bond acceptors (Lipinski definition) is 4. The minimum absolute atomic E-state index is 0.00927. The minimum Gasteiger partial charge on any atom is -0.354 e. The number of nitrogens with one attached hydrogen (secondary N) is 2. The van der Waals surface area contributed by atoms with E-state index in [1.54, 1.807) is 29.4 Å². The first-order valence-electron chi connectivity index (χ1n) is 8.91. The lowest BCUT2D eigenvalue weighted by Crippen LogP contribution is -2.38. The quantitative estimate of drug-likeness (QED) is 0.715. The van der Waals surface area contributed by atoms with E-state index in [1.165, 1.54) is 0 Å². The molecule has 1 aliphatic rings. The second kappa shape index (κ2) is 8.93. The summed E-state index contributed by atoms with van der Waals surface area (Å²) >= 11 is 0. The summed E-state index contributed by atoms with van der Waals surface area (Å²) in [6.45, 7) is 1.58. The van der Waals surface area contributed by atoms with Crippen molar-refractivity contribution in [1.82, 2.24) is 20.5 Å². The van der Waals surface area contributed by atoms with E-state index in [4.69, 9.17) is 0 Å². The molecule has 1 unspecified atom stereocenters. The third-order valence-electron chi connectivity index (χ3n) is 4.45. The summed E-state index contributed by atoms with van der Waals surface area (Å²) in [6.07, 6.45) is 3.33. The van der Waals surface area contributed by atoms with E-state index >= 15 is 0 Å². The van der Waals surface area contributed by atoms with Gasteiger partial charge in [0, 0.05) is 50.6 Å². The topological polar surface area (TPSA) is 91.4 Å². The van der Waals surface area contributed by atoms with E-state index in [9.17, 15) is 14.4 Å². The van der Waals surface area contributed by atoms with Crippen LogP contribution >= 0.6 is 0 Å². The Hall–Kier alpha value is -3.22. The van der Waals surface area contributed by atoms with Gasteiger partial charge in [-0.3, -0.25) is 19.4 Å². The summed E-state index contributed by atoms with van der Waals surface area (Å²) in [6, 6.07) is 13.0. The van der Waals surface area contributed by atoms with Crippen molar-refractivity contribution in [3.8, 4) is 0 Å². The van der Waals surface area contributed by atoms with E-state index in [0.717, 1.165) is 5.56 Å². The molecule has 1 aliphatic heterocycles. The van der Waals surface area contributed by atoms with Gasteiger partial charge in [0.05, 0.1) is 5.92 Å². The van der Waals surface area contributed by atoms with E-state index in [-0.39, 0.29) is 30.1 Å². The number of hydrogen-bond donors (Lipinski definition) is 2. The van der Waals surface area contributed by atoms with Gasteiger partial charge in [0.1, 0.15) is 0 Å². The van der Waals surface area contributed by atoms with Crippen LogP contribution in [0.25, 0.3) is 0 Å². The molecular weight excluding hydrogens is 344 g/mol. The van der Waals surface area contributed by atoms with E-state index in [1.807, 2.05) is 30.3 Å². The van der Waals surface area contributed by atoms with Crippen molar-refractivity contribution in [1.29, 1.82) is 0 Å². The molecule has 0 aliphatic carbocycles. The van der Waals surface area contributed by atoms with Gasteiger partial charge in [-0.15, -0.1) is 0 Å². The standard InChI is InChI=1S/C20H22N4O3/c25-18-12-17(14-24(18)13-15-4-2-1-3-5-15)20(27)23-11-10-22-19(26)16-6-8-21-9-7-16/h1-9,17H,10-14H2,(H,22,26)(H,23,27). The number of benzene rings is 1. The Morgan fingerprint density at radius 1 is 1.04 bits per heavy atom. The number of rotatable bonds is 7. The zero-order valence-electron chi connectivity index (χ0n) is 14.9. The van der Waals surface area contributed by atoms with Gasteiger partial charge in [0.2, 0.25) is 11.8 Å². The van der Waals surface area contributed by atoms with Gasteiger partial charge in [0.15, 0.2) is 0 Å². The summed E-state index contributed by atoms with van der Waals surface area (Å²) in [5.74, 6) is -0.726. The smallest absolute Gasteiger partial charge is 0.251 e. The van der Waals surface area contributed by atoms with Crippen molar-refractivity contribution < 1.29 is 14.4 Å². The van der Waals surface area contributed by atoms with Crippen LogP contribution in [0.3, 0.4) is 0 Å². The van der Waals surface area contributed by atoms with E-state index < -0.39 is 0 Å². The van der Waals surface area contributed by atoms with E-state index in [2.05, 4.69) is 15.6 Å². The first-order valence-corrected chi connectivity index (χ1v) is 8.91. The molecule has 3 rings (SSSR count). The van der Waals surface area contributed by atoms with Crippen LogP contribution in [0.2, 0.25) is 0 Å². The molecule has 140 valence electrons. The Bertz CT molecular complexity index is 795. The molecule has 1 saturated heterocycles. The highest BCUT2D eigenvalue weighted by molar-refractivity contribution is 5.94. The van der Waals surface area contributed by atoms with Gasteiger partial charge in [-0.05, 0) is 17.7 Å². The average Bonchev–Trinajstić information content (AvgIpc) is 3.07. The molecule has 7 heteroatoms. The molecule has 1 atom stereocenters. The van der Waals surface area contributed by atoms with Gasteiger partial charge in [0.25, 0.3) is 5.91 Å². The zero-order chi connectivity index (χ0) is 19.1. The molecule has 2 aromatic rings. The van der Waals surface area contributed by atoms with E-state index in [0.29, 0.717) is 31.7 Å². The second-order valence-corrected chi connectivity index (χ2v) is 6.44. The molecule has 1 aromatic carbocycles. The number of pyridine rings is 1. The number of carbonyl (C=O) groups excluding carboxylic acids is 3. The fourth-order valence-corrected chi connectivity index (χ4v) is 3.02. The van der Waals surface area contributed by atoms with Crippen molar-refractivity contribution in [2.75, 3.05) is 19.6 Å². The Morgan fingerprint density at radius 3 is 2.48 bits per heavy atom. The summed E-state index contributed by atoms with van der Waals surface area (Å²) in [5.41, 5.74) is 1.57. The van der Waals surface area contributed by atoms with Crippen LogP contribution in [0.5, 0.6) is 0 Å². The molecule has 2 N–H and O–H groups in total. The maximum absolute atomic E-state index is 12.3. The van der Waals surface area contributed by atoms with Crippen LogP contribution in [-0.2, 0) is 16.1 Å². The summed E-state index contributed by atoms with van der Waals surface area (Å²) < 4.78 is 0. The number of nitrogens with zero attached hydrogens (tertiary/aromatic N) is 2. The Balaban J connectivity index is 1.40. The highest BCUT2D eigenvalue weighted by atomic mass is 16.2. The monoisotopic (exact) mass is 366 g/mol. The van der Waals surface area contributed by atoms with Crippen molar-refractivity contribution >= 4 is 17.7 Å². The van der Waals surface area contributed by atoms with Gasteiger partial charge in [-0.2, -0.15) is 0 Å². The third kappa shape index (κ3) is 5.13. The van der Waals surface area contributed by atoms with Gasteiger partial charge < -0.3 is 15.5 Å². The first-order chi connectivity index (χ1) is 13.1. The largest absolute Gasteiger partial charge is 0.354 e. The summed E-state index contributed by atoms with van der Waals surface area (Å²) in [7, 11) is 0. The molecule has 1 aromatic heterocycles. The first kappa shape index (κ1) is 18.6. The van der Waals surface area contributed by atoms with Gasteiger partial charge in [-0.25, -0.2) is 0 Å². The minimum atomic E-state index is -0.350. The maximum atomic E-state index is 12.3. The molecule has 1 fully saturated rings. The van der Waals surface area contributed by atoms with Crippen molar-refractivity contribution in [2.45, 2.75) is 13.0 Å². The lowest BCUT2D eigenvalue weighted by Gasteiger charge is -2.16. The number of amides is 3. The number of aromatic nitrogens is 1. The number of carbonyl (C=O) groups is 3. The molecule has 27 heavy (non-hydrogen) atoms. The highest BCUT2D eigenvalue weighted by Crippen LogP contribution is 2.20. The predicted octanol–water partition coefficient (Wildman–Crippen LogP) is 0.976. The lowest BCUT2D eigenvalue weighted by molar-refractivity contribution is -0.129. The van der Waals surface area contributed by atoms with Crippen LogP contribution in [0.1, 0.15) is 22.3 Å². The summed E-state index contributed by atoms with van der Waals surface area (Å²) in [5, 5.41) is 5.53. The van der Waals surface area contributed by atoms with Crippen LogP contribution in [-0.4, -0.2) is 47.2 Å². The molecule has 0 bridgehead atoms. The van der Waals surface area contributed by atoms with Gasteiger partial charge >= 0.3 is 0 Å². The average molecular weight is 366 g/mol. The molecule has 3 amide bonds. The van der Waals surface area contributed by atoms with Crippen molar-refractivity contribution in [3.05, 3.63) is 66.0 Å². The highest BCUT2D eigenvalue weighted by Gasteiger charge is 2.33.